The molecule has 0 aliphatic carbocycles. The van der Waals surface area contributed by atoms with Gasteiger partial charge >= 0.3 is 0 Å². The number of nitrogens with zero attached hydrogens (tertiary/aromatic N) is 5. The number of amides is 1. The first-order valence-corrected chi connectivity index (χ1v) is 9.55. The second-order valence-corrected chi connectivity index (χ2v) is 7.11. The molecule has 1 fully saturated rings. The first kappa shape index (κ1) is 17.2. The van der Waals surface area contributed by atoms with Crippen LogP contribution >= 0.6 is 0 Å². The molecule has 0 spiro atoms. The number of carbonyl (C=O) groups is 1. The lowest BCUT2D eigenvalue weighted by Crippen LogP contribution is -2.36. The molecule has 0 saturated carbocycles. The average Bonchev–Trinajstić information content (AvgIpc) is 3.45. The van der Waals surface area contributed by atoms with E-state index in [4.69, 9.17) is 14.2 Å². The fraction of sp³-hybridized carbons (Fsp3) is 0.474. The van der Waals surface area contributed by atoms with Gasteiger partial charge in [-0.15, -0.1) is 5.10 Å². The molecule has 9 heteroatoms. The maximum atomic E-state index is 12.6. The molecule has 5 rings (SSSR count). The Balaban J connectivity index is 1.55. The van der Waals surface area contributed by atoms with Crippen molar-refractivity contribution in [1.29, 1.82) is 0 Å². The Bertz CT molecular complexity index is 1040. The zero-order valence-electron chi connectivity index (χ0n) is 15.6. The monoisotopic (exact) mass is 383 g/mol. The fourth-order valence-electron chi connectivity index (χ4n) is 3.88. The summed E-state index contributed by atoms with van der Waals surface area (Å²) < 4.78 is 18.4. The Morgan fingerprint density at radius 3 is 2.93 bits per heavy atom. The van der Waals surface area contributed by atoms with E-state index in [-0.39, 0.29) is 18.8 Å². The van der Waals surface area contributed by atoms with Gasteiger partial charge in [0.05, 0.1) is 11.6 Å². The molecule has 1 atom stereocenters. The third kappa shape index (κ3) is 2.91. The Labute approximate surface area is 161 Å². The first-order valence-electron chi connectivity index (χ1n) is 9.55. The van der Waals surface area contributed by atoms with Crippen LogP contribution in [-0.4, -0.2) is 56.9 Å². The van der Waals surface area contributed by atoms with Gasteiger partial charge in [-0.05, 0) is 35.4 Å². The van der Waals surface area contributed by atoms with Crippen molar-refractivity contribution in [2.24, 2.45) is 0 Å². The van der Waals surface area contributed by atoms with Crippen LogP contribution < -0.4 is 9.47 Å². The number of tetrazole rings is 1. The molecule has 2 aliphatic heterocycles. The van der Waals surface area contributed by atoms with Crippen molar-refractivity contribution in [2.75, 3.05) is 19.9 Å². The number of carbonyl (C=O) groups excluding carboxylic acids is 1. The van der Waals surface area contributed by atoms with Crippen molar-refractivity contribution in [2.45, 2.75) is 38.8 Å². The van der Waals surface area contributed by atoms with Crippen LogP contribution in [0.3, 0.4) is 0 Å². The highest BCUT2D eigenvalue weighted by Gasteiger charge is 2.24. The van der Waals surface area contributed by atoms with Gasteiger partial charge in [0.2, 0.25) is 12.7 Å². The van der Waals surface area contributed by atoms with Crippen molar-refractivity contribution >= 4 is 22.5 Å². The molecule has 4 heterocycles. The molecule has 1 aromatic carbocycles. The minimum Gasteiger partial charge on any atom is -0.454 e. The minimum atomic E-state index is 0.0897. The quantitative estimate of drug-likeness (QED) is 0.665. The summed E-state index contributed by atoms with van der Waals surface area (Å²) in [6, 6.07) is 5.83. The molecule has 2 aliphatic rings. The van der Waals surface area contributed by atoms with Gasteiger partial charge in [-0.25, -0.2) is 0 Å². The molecule has 1 unspecified atom stereocenters. The zero-order valence-corrected chi connectivity index (χ0v) is 15.6. The predicted octanol–water partition coefficient (Wildman–Crippen LogP) is 1.92. The molecule has 9 nitrogen and oxygen atoms in total. The number of fused-ring (bicyclic) bond motifs is 4. The number of pyridine rings is 1. The lowest BCUT2D eigenvalue weighted by atomic mass is 10.1. The third-order valence-corrected chi connectivity index (χ3v) is 5.30. The summed E-state index contributed by atoms with van der Waals surface area (Å²) in [5.74, 6) is 1.47. The van der Waals surface area contributed by atoms with Crippen molar-refractivity contribution in [3.63, 3.8) is 0 Å². The molecule has 146 valence electrons. The van der Waals surface area contributed by atoms with Crippen molar-refractivity contribution in [1.82, 2.24) is 24.9 Å². The third-order valence-electron chi connectivity index (χ3n) is 5.30. The molecule has 0 radical (unpaired) electrons. The van der Waals surface area contributed by atoms with E-state index < -0.39 is 0 Å². The van der Waals surface area contributed by atoms with Crippen LogP contribution in [0, 0.1) is 0 Å². The van der Waals surface area contributed by atoms with Gasteiger partial charge < -0.3 is 19.1 Å². The van der Waals surface area contributed by atoms with E-state index in [1.165, 1.54) is 0 Å². The first-order chi connectivity index (χ1) is 13.7. The summed E-state index contributed by atoms with van der Waals surface area (Å²) in [4.78, 5) is 14.4. The van der Waals surface area contributed by atoms with Gasteiger partial charge in [-0.1, -0.05) is 6.92 Å². The van der Waals surface area contributed by atoms with Crippen LogP contribution in [0.25, 0.3) is 16.6 Å². The number of benzene rings is 1. The number of hydrogen-bond donors (Lipinski definition) is 0. The zero-order chi connectivity index (χ0) is 19.1. The topological polar surface area (TPSA) is 91.1 Å². The number of hydrogen-bond acceptors (Lipinski definition) is 7. The van der Waals surface area contributed by atoms with Crippen molar-refractivity contribution < 1.29 is 19.0 Å². The highest BCUT2D eigenvalue weighted by Crippen LogP contribution is 2.36. The number of aromatic nitrogens is 4. The normalized spacial score (nSPS) is 18.2. The number of rotatable bonds is 5. The summed E-state index contributed by atoms with van der Waals surface area (Å²) in [5, 5.41) is 13.1. The fourth-order valence-corrected chi connectivity index (χ4v) is 3.88. The van der Waals surface area contributed by atoms with E-state index in [1.807, 2.05) is 30.0 Å². The van der Waals surface area contributed by atoms with Gasteiger partial charge in [0.25, 0.3) is 0 Å². The Hall–Kier alpha value is -2.94. The Morgan fingerprint density at radius 2 is 2.14 bits per heavy atom. The van der Waals surface area contributed by atoms with Crippen molar-refractivity contribution in [3.05, 3.63) is 23.8 Å². The molecule has 2 aromatic heterocycles. The largest absolute Gasteiger partial charge is 0.454 e. The summed E-state index contributed by atoms with van der Waals surface area (Å²) in [7, 11) is 0. The van der Waals surface area contributed by atoms with Crippen LogP contribution in [0.15, 0.2) is 18.2 Å². The molecular weight excluding hydrogens is 362 g/mol. The van der Waals surface area contributed by atoms with Gasteiger partial charge in [0.1, 0.15) is 0 Å². The molecule has 0 N–H and O–H groups in total. The maximum absolute atomic E-state index is 12.6. The number of ether oxygens (including phenoxy) is 3. The molecular formula is C19H21N5O4. The van der Waals surface area contributed by atoms with Gasteiger partial charge in [-0.3, -0.25) is 4.79 Å². The van der Waals surface area contributed by atoms with Gasteiger partial charge in [0, 0.05) is 43.1 Å². The predicted molar refractivity (Wildman–Crippen MR) is 99.1 cm³/mol. The van der Waals surface area contributed by atoms with Crippen LogP contribution in [-0.2, 0) is 16.1 Å². The highest BCUT2D eigenvalue weighted by molar-refractivity contribution is 5.87. The molecule has 1 amide bonds. The van der Waals surface area contributed by atoms with Crippen LogP contribution in [0.2, 0.25) is 0 Å². The highest BCUT2D eigenvalue weighted by atomic mass is 16.7. The SMILES string of the molecule is CCC(=O)N(Cc1cc2cc3c(cc2n2nnnc12)OCO3)CC1CCCO1. The summed E-state index contributed by atoms with van der Waals surface area (Å²) in [5.41, 5.74) is 2.35. The molecule has 0 bridgehead atoms. The Kier molecular flexibility index (Phi) is 4.23. The molecule has 1 saturated heterocycles. The summed E-state index contributed by atoms with van der Waals surface area (Å²) in [6.45, 7) is 3.86. The molecule has 28 heavy (non-hydrogen) atoms. The smallest absolute Gasteiger partial charge is 0.231 e. The average molecular weight is 383 g/mol. The minimum absolute atomic E-state index is 0.0897. The molecule has 3 aromatic rings. The van der Waals surface area contributed by atoms with E-state index in [1.54, 1.807) is 4.52 Å². The lowest BCUT2D eigenvalue weighted by Gasteiger charge is -2.25. The second kappa shape index (κ2) is 6.90. The van der Waals surface area contributed by atoms with E-state index in [0.29, 0.717) is 36.7 Å². The lowest BCUT2D eigenvalue weighted by molar-refractivity contribution is -0.133. The van der Waals surface area contributed by atoms with E-state index in [2.05, 4.69) is 15.5 Å². The van der Waals surface area contributed by atoms with Gasteiger partial charge in [0.15, 0.2) is 17.1 Å². The summed E-state index contributed by atoms with van der Waals surface area (Å²) in [6.07, 6.45) is 2.56. The standard InChI is InChI=1S/C19H21N5O4/c1-2-18(25)23(10-14-4-3-5-26-14)9-13-6-12-7-16-17(28-11-27-16)8-15(12)24-19(13)20-21-22-24/h6-8,14H,2-5,9-11H2,1H3. The maximum Gasteiger partial charge on any atom is 0.231 e. The van der Waals surface area contributed by atoms with E-state index >= 15 is 0 Å². The second-order valence-electron chi connectivity index (χ2n) is 7.11. The van der Waals surface area contributed by atoms with E-state index in [0.717, 1.165) is 35.9 Å². The van der Waals surface area contributed by atoms with Crippen LogP contribution in [0.1, 0.15) is 31.7 Å². The summed E-state index contributed by atoms with van der Waals surface area (Å²) >= 11 is 0. The van der Waals surface area contributed by atoms with Crippen LogP contribution in [0.4, 0.5) is 0 Å². The van der Waals surface area contributed by atoms with Crippen molar-refractivity contribution in [3.8, 4) is 11.5 Å². The van der Waals surface area contributed by atoms with Crippen LogP contribution in [0.5, 0.6) is 11.5 Å². The Morgan fingerprint density at radius 1 is 1.29 bits per heavy atom. The van der Waals surface area contributed by atoms with Gasteiger partial charge in [-0.2, -0.15) is 4.52 Å². The van der Waals surface area contributed by atoms with E-state index in [9.17, 15) is 4.79 Å².